The number of carbonyl (C=O) groups excluding carboxylic acids is 2. The summed E-state index contributed by atoms with van der Waals surface area (Å²) in [7, 11) is -3.55. The molecule has 3 aromatic carbocycles. The molecule has 33 heavy (non-hydrogen) atoms. The van der Waals surface area contributed by atoms with Gasteiger partial charge in [-0.25, -0.2) is 8.42 Å². The number of anilines is 1. The van der Waals surface area contributed by atoms with E-state index >= 15 is 0 Å². The van der Waals surface area contributed by atoms with E-state index in [1.165, 1.54) is 12.1 Å². The van der Waals surface area contributed by atoms with Crippen molar-refractivity contribution in [2.45, 2.75) is 11.4 Å². The van der Waals surface area contributed by atoms with Crippen LogP contribution < -0.4 is 10.7 Å². The minimum absolute atomic E-state index is 0.0316. The van der Waals surface area contributed by atoms with Gasteiger partial charge in [0.1, 0.15) is 6.54 Å². The summed E-state index contributed by atoms with van der Waals surface area (Å²) in [5.74, 6) is -1.35. The lowest BCUT2D eigenvalue weighted by Gasteiger charge is -2.15. The molecule has 0 radical (unpaired) electrons. The quantitative estimate of drug-likeness (QED) is 0.347. The summed E-state index contributed by atoms with van der Waals surface area (Å²) in [5, 5.41) is 3.40. The van der Waals surface area contributed by atoms with Gasteiger partial charge in [-0.1, -0.05) is 36.4 Å². The van der Waals surface area contributed by atoms with Crippen LogP contribution in [-0.2, 0) is 30.7 Å². The summed E-state index contributed by atoms with van der Waals surface area (Å²) >= 11 is 0. The van der Waals surface area contributed by atoms with Gasteiger partial charge in [0.05, 0.1) is 21.6 Å². The zero-order valence-corrected chi connectivity index (χ0v) is 18.5. The van der Waals surface area contributed by atoms with Gasteiger partial charge in [-0.2, -0.15) is 0 Å². The van der Waals surface area contributed by atoms with Crippen molar-refractivity contribution in [1.82, 2.24) is 4.57 Å². The number of aromatic nitrogens is 1. The van der Waals surface area contributed by atoms with Crippen molar-refractivity contribution in [2.75, 3.05) is 18.2 Å². The number of ether oxygens (including phenoxy) is 1. The highest BCUT2D eigenvalue weighted by atomic mass is 32.2. The van der Waals surface area contributed by atoms with Crippen LogP contribution in [0.3, 0.4) is 0 Å². The lowest BCUT2D eigenvalue weighted by atomic mass is 10.1. The van der Waals surface area contributed by atoms with Gasteiger partial charge < -0.3 is 14.6 Å². The summed E-state index contributed by atoms with van der Waals surface area (Å²) in [6, 6.07) is 19.9. The molecular formula is C24H20N2O6S. The Hall–Kier alpha value is -3.98. The van der Waals surface area contributed by atoms with Crippen LogP contribution >= 0.6 is 0 Å². The molecule has 0 aliphatic carbocycles. The topological polar surface area (TPSA) is 112 Å². The molecule has 168 valence electrons. The summed E-state index contributed by atoms with van der Waals surface area (Å²) in [6.07, 6.45) is 1.04. The molecule has 0 unspecified atom stereocenters. The fourth-order valence-electron chi connectivity index (χ4n) is 3.65. The Kier molecular flexibility index (Phi) is 5.97. The third-order valence-electron chi connectivity index (χ3n) is 5.09. The highest BCUT2D eigenvalue weighted by Gasteiger charge is 2.17. The van der Waals surface area contributed by atoms with E-state index in [0.29, 0.717) is 21.8 Å². The van der Waals surface area contributed by atoms with E-state index in [0.717, 1.165) is 6.26 Å². The van der Waals surface area contributed by atoms with E-state index in [4.69, 9.17) is 4.74 Å². The van der Waals surface area contributed by atoms with Crippen LogP contribution in [0.15, 0.2) is 82.5 Å². The number of hydrogen-bond donors (Lipinski definition) is 1. The summed E-state index contributed by atoms with van der Waals surface area (Å²) < 4.78 is 30.6. The maximum Gasteiger partial charge on any atom is 0.326 e. The SMILES string of the molecule is CS(=O)(=O)c1ccccc1NC(=O)COC(=O)Cn1c2ccccc2c(=O)c2ccccc21. The second-order valence-corrected chi connectivity index (χ2v) is 9.41. The summed E-state index contributed by atoms with van der Waals surface area (Å²) in [4.78, 5) is 37.6. The van der Waals surface area contributed by atoms with Crippen LogP contribution in [0.1, 0.15) is 0 Å². The minimum Gasteiger partial charge on any atom is -0.454 e. The molecule has 0 fully saturated rings. The normalized spacial score (nSPS) is 11.4. The van der Waals surface area contributed by atoms with Gasteiger partial charge in [-0.15, -0.1) is 0 Å². The van der Waals surface area contributed by atoms with Crippen LogP contribution in [0.4, 0.5) is 5.69 Å². The van der Waals surface area contributed by atoms with E-state index in [9.17, 15) is 22.8 Å². The first-order chi connectivity index (χ1) is 15.8. The maximum absolute atomic E-state index is 12.8. The Morgan fingerprint density at radius 2 is 1.42 bits per heavy atom. The van der Waals surface area contributed by atoms with Gasteiger partial charge in [0.2, 0.25) is 0 Å². The molecule has 0 aliphatic rings. The van der Waals surface area contributed by atoms with E-state index in [1.807, 2.05) is 0 Å². The average Bonchev–Trinajstić information content (AvgIpc) is 2.80. The number of hydrogen-bond acceptors (Lipinski definition) is 6. The fourth-order valence-corrected chi connectivity index (χ4v) is 4.49. The third-order valence-corrected chi connectivity index (χ3v) is 6.25. The average molecular weight is 464 g/mol. The van der Waals surface area contributed by atoms with Crippen LogP contribution in [0.5, 0.6) is 0 Å². The molecule has 8 nitrogen and oxygen atoms in total. The van der Waals surface area contributed by atoms with Gasteiger partial charge in [-0.3, -0.25) is 14.4 Å². The van der Waals surface area contributed by atoms with Crippen LogP contribution in [0.2, 0.25) is 0 Å². The number of carbonyl (C=O) groups is 2. The van der Waals surface area contributed by atoms with Crippen molar-refractivity contribution >= 4 is 49.2 Å². The molecule has 1 aromatic heterocycles. The molecule has 1 N–H and O–H groups in total. The molecule has 0 saturated heterocycles. The van der Waals surface area contributed by atoms with E-state index in [2.05, 4.69) is 5.32 Å². The van der Waals surface area contributed by atoms with Crippen LogP contribution in [0.25, 0.3) is 21.8 Å². The molecule has 0 bridgehead atoms. The molecule has 0 saturated carbocycles. The number of fused-ring (bicyclic) bond motifs is 2. The van der Waals surface area contributed by atoms with Crippen LogP contribution in [0, 0.1) is 0 Å². The van der Waals surface area contributed by atoms with Crippen molar-refractivity contribution in [3.05, 3.63) is 83.0 Å². The fraction of sp³-hybridized carbons (Fsp3) is 0.125. The third kappa shape index (κ3) is 4.63. The molecule has 0 atom stereocenters. The number of para-hydroxylation sites is 3. The standard InChI is InChI=1S/C24H20N2O6S/c1-33(30,31)21-13-7-4-10-18(21)25-22(27)15-32-23(28)14-26-19-11-5-2-8-16(19)24(29)17-9-3-6-12-20(17)26/h2-13H,14-15H2,1H3,(H,25,27). The highest BCUT2D eigenvalue weighted by Crippen LogP contribution is 2.21. The number of sulfone groups is 1. The highest BCUT2D eigenvalue weighted by molar-refractivity contribution is 7.90. The minimum atomic E-state index is -3.55. The molecule has 0 aliphatic heterocycles. The molecule has 9 heteroatoms. The molecule has 1 heterocycles. The molecule has 1 amide bonds. The van der Waals surface area contributed by atoms with E-state index in [1.54, 1.807) is 65.2 Å². The maximum atomic E-state index is 12.8. The van der Waals surface area contributed by atoms with Crippen molar-refractivity contribution in [3.63, 3.8) is 0 Å². The Balaban J connectivity index is 1.53. The van der Waals surface area contributed by atoms with Gasteiger partial charge in [0.15, 0.2) is 21.9 Å². The van der Waals surface area contributed by atoms with Crippen molar-refractivity contribution < 1.29 is 22.7 Å². The Bertz CT molecular complexity index is 1500. The van der Waals surface area contributed by atoms with Gasteiger partial charge in [0.25, 0.3) is 5.91 Å². The molecule has 4 rings (SSSR count). The summed E-state index contributed by atoms with van der Waals surface area (Å²) in [5.41, 5.74) is 1.13. The number of nitrogens with one attached hydrogen (secondary N) is 1. The number of pyridine rings is 1. The number of rotatable bonds is 6. The molecule has 0 spiro atoms. The first-order valence-corrected chi connectivity index (χ1v) is 11.9. The second-order valence-electron chi connectivity index (χ2n) is 7.43. The van der Waals surface area contributed by atoms with E-state index in [-0.39, 0.29) is 22.6 Å². The second kappa shape index (κ2) is 8.87. The Morgan fingerprint density at radius 1 is 0.879 bits per heavy atom. The predicted octanol–water partition coefficient (Wildman–Crippen LogP) is 2.74. The largest absolute Gasteiger partial charge is 0.454 e. The van der Waals surface area contributed by atoms with Crippen molar-refractivity contribution in [1.29, 1.82) is 0 Å². The lowest BCUT2D eigenvalue weighted by Crippen LogP contribution is -2.24. The van der Waals surface area contributed by atoms with Crippen LogP contribution in [-0.4, -0.2) is 37.7 Å². The zero-order chi connectivity index (χ0) is 23.6. The van der Waals surface area contributed by atoms with Gasteiger partial charge in [0, 0.05) is 17.0 Å². The van der Waals surface area contributed by atoms with Crippen molar-refractivity contribution in [2.24, 2.45) is 0 Å². The Labute approximate surface area is 189 Å². The van der Waals surface area contributed by atoms with E-state index < -0.39 is 28.3 Å². The first-order valence-electron chi connectivity index (χ1n) is 10.0. The predicted molar refractivity (Wildman–Crippen MR) is 125 cm³/mol. The smallest absolute Gasteiger partial charge is 0.326 e. The monoisotopic (exact) mass is 464 g/mol. The lowest BCUT2D eigenvalue weighted by molar-refractivity contribution is -0.147. The number of nitrogens with zero attached hydrogens (tertiary/aromatic N) is 1. The summed E-state index contributed by atoms with van der Waals surface area (Å²) in [6.45, 7) is -0.804. The number of esters is 1. The molecular weight excluding hydrogens is 444 g/mol. The van der Waals surface area contributed by atoms with Gasteiger partial charge in [-0.05, 0) is 36.4 Å². The van der Waals surface area contributed by atoms with Crippen molar-refractivity contribution in [3.8, 4) is 0 Å². The number of benzene rings is 3. The first kappa shape index (κ1) is 22.2. The number of amides is 1. The zero-order valence-electron chi connectivity index (χ0n) is 17.6. The van der Waals surface area contributed by atoms with Gasteiger partial charge >= 0.3 is 5.97 Å². The molecule has 4 aromatic rings. The Morgan fingerprint density at radius 3 is 2.03 bits per heavy atom.